The molecule has 0 spiro atoms. The van der Waals surface area contributed by atoms with Crippen molar-refractivity contribution in [1.29, 1.82) is 0 Å². The van der Waals surface area contributed by atoms with Crippen molar-refractivity contribution in [1.82, 2.24) is 24.3 Å². The normalized spacial score (nSPS) is 12.5. The van der Waals surface area contributed by atoms with E-state index in [2.05, 4.69) is 15.1 Å². The fourth-order valence-corrected chi connectivity index (χ4v) is 2.85. The second kappa shape index (κ2) is 5.27. The minimum atomic E-state index is -0.301. The van der Waals surface area contributed by atoms with Gasteiger partial charge in [0.05, 0.1) is 29.9 Å². The molecule has 1 aromatic carbocycles. The second-order valence-electron chi connectivity index (χ2n) is 5.45. The third kappa shape index (κ3) is 2.24. The first-order chi connectivity index (χ1) is 11.2. The molecule has 0 unspecified atom stereocenters. The first-order valence-corrected chi connectivity index (χ1v) is 7.52. The summed E-state index contributed by atoms with van der Waals surface area (Å²) >= 11 is 0. The van der Waals surface area contributed by atoms with Crippen molar-refractivity contribution in [2.24, 2.45) is 0 Å². The maximum Gasteiger partial charge on any atom is 0.176 e. The van der Waals surface area contributed by atoms with Gasteiger partial charge in [-0.2, -0.15) is 5.10 Å². The molecule has 1 aliphatic rings. The summed E-state index contributed by atoms with van der Waals surface area (Å²) < 4.78 is 23.0. The molecule has 118 valence electrons. The van der Waals surface area contributed by atoms with Crippen molar-refractivity contribution in [2.45, 2.75) is 27.0 Å². The van der Waals surface area contributed by atoms with Gasteiger partial charge in [0.1, 0.15) is 12.4 Å². The molecular weight excluding hydrogens is 297 g/mol. The van der Waals surface area contributed by atoms with E-state index < -0.39 is 0 Å². The Morgan fingerprint density at radius 1 is 1.35 bits per heavy atom. The Hall–Kier alpha value is -2.54. The monoisotopic (exact) mass is 313 g/mol. The molecule has 7 heteroatoms. The van der Waals surface area contributed by atoms with E-state index in [1.807, 2.05) is 18.4 Å². The topological polar surface area (TPSA) is 57.8 Å². The Morgan fingerprint density at radius 2 is 2.22 bits per heavy atom. The van der Waals surface area contributed by atoms with E-state index in [9.17, 15) is 4.39 Å². The number of ether oxygens (including phenoxy) is 1. The fraction of sp³-hybridized carbons (Fsp3) is 0.312. The Kier molecular flexibility index (Phi) is 3.23. The summed E-state index contributed by atoms with van der Waals surface area (Å²) in [6, 6.07) is 4.69. The molecule has 3 aromatic rings. The molecule has 0 bridgehead atoms. The van der Waals surface area contributed by atoms with Crippen LogP contribution < -0.4 is 0 Å². The molecular formula is C16H16FN5O. The third-order valence-electron chi connectivity index (χ3n) is 3.98. The summed E-state index contributed by atoms with van der Waals surface area (Å²) in [5, 5.41) is 4.51. The van der Waals surface area contributed by atoms with E-state index in [0.29, 0.717) is 37.0 Å². The fourth-order valence-electron chi connectivity index (χ4n) is 2.85. The van der Waals surface area contributed by atoms with E-state index in [0.717, 1.165) is 17.1 Å². The molecule has 3 heterocycles. The smallest absolute Gasteiger partial charge is 0.176 e. The number of hydrogen-bond donors (Lipinski definition) is 0. The number of fused-ring (bicyclic) bond motifs is 5. The van der Waals surface area contributed by atoms with E-state index in [1.54, 1.807) is 17.1 Å². The zero-order valence-corrected chi connectivity index (χ0v) is 13.0. The highest BCUT2D eigenvalue weighted by molar-refractivity contribution is 5.69. The van der Waals surface area contributed by atoms with Crippen LogP contribution in [-0.2, 0) is 17.9 Å². The molecule has 6 nitrogen and oxygen atoms in total. The van der Waals surface area contributed by atoms with Gasteiger partial charge >= 0.3 is 0 Å². The van der Waals surface area contributed by atoms with Crippen LogP contribution >= 0.6 is 0 Å². The van der Waals surface area contributed by atoms with Crippen LogP contribution in [0.15, 0.2) is 24.5 Å². The summed E-state index contributed by atoms with van der Waals surface area (Å²) in [6.45, 7) is 5.36. The number of nitrogens with zero attached hydrogens (tertiary/aromatic N) is 5. The predicted molar refractivity (Wildman–Crippen MR) is 81.7 cm³/mol. The zero-order chi connectivity index (χ0) is 16.0. The van der Waals surface area contributed by atoms with E-state index in [1.165, 1.54) is 12.1 Å². The quantitative estimate of drug-likeness (QED) is 0.583. The van der Waals surface area contributed by atoms with E-state index in [4.69, 9.17) is 4.74 Å². The van der Waals surface area contributed by atoms with Gasteiger partial charge in [-0.05, 0) is 32.0 Å². The standard InChI is InChI=1S/C16H16FN5O/c1-3-23-8-15-19-16-12-6-11(17)4-5-13(12)21-9-18-10(2)14(21)7-22(16)20-15/h4-6,9H,3,7-8H2,1-2H3. The van der Waals surface area contributed by atoms with Crippen molar-refractivity contribution in [3.05, 3.63) is 47.6 Å². The highest BCUT2D eigenvalue weighted by Crippen LogP contribution is 2.32. The zero-order valence-electron chi connectivity index (χ0n) is 13.0. The van der Waals surface area contributed by atoms with Crippen molar-refractivity contribution < 1.29 is 9.13 Å². The molecule has 0 radical (unpaired) electrons. The SMILES string of the molecule is CCOCc1nc2n(n1)Cc1c(C)ncn1-c1ccc(F)cc1-2. The van der Waals surface area contributed by atoms with Gasteiger partial charge in [-0.3, -0.25) is 0 Å². The number of imidazole rings is 1. The van der Waals surface area contributed by atoms with Crippen molar-refractivity contribution in [3.63, 3.8) is 0 Å². The summed E-state index contributed by atoms with van der Waals surface area (Å²) in [6.07, 6.45) is 1.76. The first-order valence-electron chi connectivity index (χ1n) is 7.52. The lowest BCUT2D eigenvalue weighted by molar-refractivity contribution is 0.128. The first kappa shape index (κ1) is 14.1. The third-order valence-corrected chi connectivity index (χ3v) is 3.98. The van der Waals surface area contributed by atoms with Gasteiger partial charge in [0.15, 0.2) is 11.6 Å². The van der Waals surface area contributed by atoms with Gasteiger partial charge in [-0.15, -0.1) is 0 Å². The summed E-state index contributed by atoms with van der Waals surface area (Å²) in [7, 11) is 0. The van der Waals surface area contributed by atoms with Crippen LogP contribution in [0.3, 0.4) is 0 Å². The largest absolute Gasteiger partial charge is 0.374 e. The molecule has 0 amide bonds. The van der Waals surface area contributed by atoms with Gasteiger partial charge in [0, 0.05) is 12.2 Å². The summed E-state index contributed by atoms with van der Waals surface area (Å²) in [5.41, 5.74) is 3.51. The Balaban J connectivity index is 1.93. The summed E-state index contributed by atoms with van der Waals surface area (Å²) in [4.78, 5) is 8.92. The van der Waals surface area contributed by atoms with Crippen LogP contribution in [0, 0.1) is 12.7 Å². The van der Waals surface area contributed by atoms with Crippen LogP contribution in [-0.4, -0.2) is 30.9 Å². The molecule has 2 aromatic heterocycles. The molecule has 0 fully saturated rings. The number of aromatic nitrogens is 5. The van der Waals surface area contributed by atoms with Crippen LogP contribution in [0.5, 0.6) is 0 Å². The van der Waals surface area contributed by atoms with Gasteiger partial charge in [-0.25, -0.2) is 19.0 Å². The van der Waals surface area contributed by atoms with Crippen molar-refractivity contribution in [3.8, 4) is 17.1 Å². The lowest BCUT2D eigenvalue weighted by atomic mass is 10.1. The number of halogens is 1. The highest BCUT2D eigenvalue weighted by Gasteiger charge is 2.24. The van der Waals surface area contributed by atoms with Gasteiger partial charge in [0.2, 0.25) is 0 Å². The lowest BCUT2D eigenvalue weighted by Crippen LogP contribution is -2.06. The molecule has 0 saturated heterocycles. The lowest BCUT2D eigenvalue weighted by Gasteiger charge is -2.08. The molecule has 23 heavy (non-hydrogen) atoms. The predicted octanol–water partition coefficient (Wildman–Crippen LogP) is 2.48. The summed E-state index contributed by atoms with van der Waals surface area (Å²) in [5.74, 6) is 0.949. The minimum Gasteiger partial charge on any atom is -0.374 e. The van der Waals surface area contributed by atoms with Crippen LogP contribution in [0.2, 0.25) is 0 Å². The van der Waals surface area contributed by atoms with Gasteiger partial charge in [0.25, 0.3) is 0 Å². The Bertz CT molecular complexity index is 883. The maximum atomic E-state index is 13.8. The number of aryl methyl sites for hydroxylation is 1. The minimum absolute atomic E-state index is 0.301. The van der Waals surface area contributed by atoms with Crippen LogP contribution in [0.4, 0.5) is 4.39 Å². The molecule has 0 saturated carbocycles. The van der Waals surface area contributed by atoms with Crippen LogP contribution in [0.1, 0.15) is 24.1 Å². The van der Waals surface area contributed by atoms with Crippen LogP contribution in [0.25, 0.3) is 17.1 Å². The molecule has 4 rings (SSSR count). The molecule has 1 aliphatic heterocycles. The van der Waals surface area contributed by atoms with Crippen molar-refractivity contribution in [2.75, 3.05) is 6.61 Å². The number of hydrogen-bond acceptors (Lipinski definition) is 4. The second-order valence-corrected chi connectivity index (χ2v) is 5.45. The molecule has 0 aliphatic carbocycles. The number of rotatable bonds is 3. The van der Waals surface area contributed by atoms with Gasteiger partial charge < -0.3 is 9.30 Å². The average molecular weight is 313 g/mol. The Labute approximate surface area is 132 Å². The molecule has 0 atom stereocenters. The highest BCUT2D eigenvalue weighted by atomic mass is 19.1. The maximum absolute atomic E-state index is 13.8. The average Bonchev–Trinajstić information content (AvgIpc) is 3.07. The molecule has 0 N–H and O–H groups in total. The Morgan fingerprint density at radius 3 is 3.04 bits per heavy atom. The van der Waals surface area contributed by atoms with Crippen molar-refractivity contribution >= 4 is 0 Å². The number of benzene rings is 1. The van der Waals surface area contributed by atoms with E-state index in [-0.39, 0.29) is 5.82 Å². The van der Waals surface area contributed by atoms with Gasteiger partial charge in [-0.1, -0.05) is 0 Å². The van der Waals surface area contributed by atoms with E-state index >= 15 is 0 Å².